The predicted octanol–water partition coefficient (Wildman–Crippen LogP) is 3.16. The molecule has 156 valence electrons. The van der Waals surface area contributed by atoms with Crippen molar-refractivity contribution in [2.75, 3.05) is 13.6 Å². The van der Waals surface area contributed by atoms with Crippen LogP contribution in [-0.2, 0) is 14.8 Å². The molecule has 1 unspecified atom stereocenters. The van der Waals surface area contributed by atoms with Gasteiger partial charge in [-0.05, 0) is 42.7 Å². The van der Waals surface area contributed by atoms with Gasteiger partial charge in [0.15, 0.2) is 5.78 Å². The van der Waals surface area contributed by atoms with E-state index in [0.717, 1.165) is 9.87 Å². The molecule has 0 saturated heterocycles. The molecule has 0 aliphatic carbocycles. The standard InChI is InChI=1S/C21H25FN2O4S/c1-14(2)21(17-5-9-18(22)10-6-17)23-20(26)13-24(4)29(27,28)19-11-7-16(8-12-19)15(3)25/h5-12,14,21H,13H2,1-4H3,(H,23,26). The van der Waals surface area contributed by atoms with E-state index in [0.29, 0.717) is 5.56 Å². The molecule has 1 N–H and O–H groups in total. The van der Waals surface area contributed by atoms with Crippen LogP contribution in [-0.4, -0.2) is 38.0 Å². The molecular weight excluding hydrogens is 395 g/mol. The van der Waals surface area contributed by atoms with Crippen LogP contribution in [0.5, 0.6) is 0 Å². The Morgan fingerprint density at radius 3 is 2.07 bits per heavy atom. The predicted molar refractivity (Wildman–Crippen MR) is 108 cm³/mol. The van der Waals surface area contributed by atoms with E-state index < -0.39 is 15.9 Å². The molecule has 1 amide bonds. The molecule has 2 rings (SSSR count). The van der Waals surface area contributed by atoms with Gasteiger partial charge in [0.25, 0.3) is 0 Å². The maximum absolute atomic E-state index is 13.2. The number of carbonyl (C=O) groups is 2. The monoisotopic (exact) mass is 420 g/mol. The minimum Gasteiger partial charge on any atom is -0.348 e. The summed E-state index contributed by atoms with van der Waals surface area (Å²) in [6.45, 7) is 4.84. The molecule has 1 atom stereocenters. The van der Waals surface area contributed by atoms with Crippen molar-refractivity contribution in [3.8, 4) is 0 Å². The third-order valence-corrected chi connectivity index (χ3v) is 6.37. The Hall–Kier alpha value is -2.58. The van der Waals surface area contributed by atoms with Crippen molar-refractivity contribution in [3.63, 3.8) is 0 Å². The largest absolute Gasteiger partial charge is 0.348 e. The van der Waals surface area contributed by atoms with Crippen LogP contribution in [0.25, 0.3) is 0 Å². The van der Waals surface area contributed by atoms with Gasteiger partial charge in [0.05, 0.1) is 17.5 Å². The second-order valence-corrected chi connectivity index (χ2v) is 9.23. The highest BCUT2D eigenvalue weighted by Gasteiger charge is 2.25. The van der Waals surface area contributed by atoms with Gasteiger partial charge in [-0.25, -0.2) is 12.8 Å². The summed E-state index contributed by atoms with van der Waals surface area (Å²) in [7, 11) is -2.58. The van der Waals surface area contributed by atoms with Crippen molar-refractivity contribution in [2.24, 2.45) is 5.92 Å². The molecule has 0 saturated carbocycles. The zero-order chi connectivity index (χ0) is 21.8. The number of halogens is 1. The van der Waals surface area contributed by atoms with Gasteiger partial charge in [-0.2, -0.15) is 4.31 Å². The summed E-state index contributed by atoms with van der Waals surface area (Å²) in [6.07, 6.45) is 0. The molecule has 0 aliphatic heterocycles. The summed E-state index contributed by atoms with van der Waals surface area (Å²) in [5.41, 5.74) is 1.14. The third-order valence-electron chi connectivity index (χ3n) is 4.55. The van der Waals surface area contributed by atoms with Crippen LogP contribution in [0.1, 0.15) is 42.7 Å². The molecule has 8 heteroatoms. The molecular formula is C21H25FN2O4S. The van der Waals surface area contributed by atoms with E-state index in [-0.39, 0.29) is 35.0 Å². The number of rotatable bonds is 8. The Balaban J connectivity index is 2.11. The van der Waals surface area contributed by atoms with E-state index in [9.17, 15) is 22.4 Å². The first kappa shape index (κ1) is 22.7. The maximum Gasteiger partial charge on any atom is 0.243 e. The lowest BCUT2D eigenvalue weighted by atomic mass is 9.96. The zero-order valence-corrected chi connectivity index (χ0v) is 17.7. The zero-order valence-electron chi connectivity index (χ0n) is 16.8. The molecule has 2 aromatic carbocycles. The fourth-order valence-corrected chi connectivity index (χ4v) is 3.98. The van der Waals surface area contributed by atoms with Crippen molar-refractivity contribution in [3.05, 3.63) is 65.5 Å². The van der Waals surface area contributed by atoms with E-state index in [2.05, 4.69) is 5.32 Å². The number of benzene rings is 2. The van der Waals surface area contributed by atoms with Gasteiger partial charge >= 0.3 is 0 Å². The van der Waals surface area contributed by atoms with Crippen LogP contribution in [0.4, 0.5) is 4.39 Å². The minimum absolute atomic E-state index is 0.00301. The molecule has 6 nitrogen and oxygen atoms in total. The van der Waals surface area contributed by atoms with E-state index in [1.807, 2.05) is 13.8 Å². The van der Waals surface area contributed by atoms with Gasteiger partial charge in [-0.3, -0.25) is 9.59 Å². The van der Waals surface area contributed by atoms with Gasteiger partial charge < -0.3 is 5.32 Å². The molecule has 0 fully saturated rings. The number of carbonyl (C=O) groups excluding carboxylic acids is 2. The van der Waals surface area contributed by atoms with Crippen molar-refractivity contribution in [1.82, 2.24) is 9.62 Å². The molecule has 0 bridgehead atoms. The highest BCUT2D eigenvalue weighted by atomic mass is 32.2. The number of sulfonamides is 1. The first-order valence-corrected chi connectivity index (χ1v) is 10.6. The SMILES string of the molecule is CC(=O)c1ccc(S(=O)(=O)N(C)CC(=O)NC(c2ccc(F)cc2)C(C)C)cc1. The van der Waals surface area contributed by atoms with Crippen LogP contribution >= 0.6 is 0 Å². The lowest BCUT2D eigenvalue weighted by Crippen LogP contribution is -2.41. The van der Waals surface area contributed by atoms with Gasteiger partial charge in [-0.15, -0.1) is 0 Å². The summed E-state index contributed by atoms with van der Waals surface area (Å²) in [5, 5.41) is 2.82. The third kappa shape index (κ3) is 5.71. The first-order valence-electron chi connectivity index (χ1n) is 9.14. The van der Waals surface area contributed by atoms with Crippen molar-refractivity contribution >= 4 is 21.7 Å². The number of nitrogens with one attached hydrogen (secondary N) is 1. The van der Waals surface area contributed by atoms with Crippen LogP contribution < -0.4 is 5.32 Å². The fourth-order valence-electron chi connectivity index (χ4n) is 2.85. The molecule has 0 heterocycles. The second-order valence-electron chi connectivity index (χ2n) is 7.18. The molecule has 0 radical (unpaired) electrons. The average Bonchev–Trinajstić information content (AvgIpc) is 2.66. The average molecular weight is 421 g/mol. The fraction of sp³-hybridized carbons (Fsp3) is 0.333. The summed E-state index contributed by atoms with van der Waals surface area (Å²) in [6, 6.07) is 11.0. The molecule has 0 aliphatic rings. The highest BCUT2D eigenvalue weighted by molar-refractivity contribution is 7.89. The second kappa shape index (κ2) is 9.28. The number of ketones is 1. The van der Waals surface area contributed by atoms with Crippen molar-refractivity contribution in [1.29, 1.82) is 0 Å². The number of nitrogens with zero attached hydrogens (tertiary/aromatic N) is 1. The van der Waals surface area contributed by atoms with E-state index in [1.165, 1.54) is 50.4 Å². The topological polar surface area (TPSA) is 83.6 Å². The Morgan fingerprint density at radius 2 is 1.59 bits per heavy atom. The van der Waals surface area contributed by atoms with Gasteiger partial charge in [0.1, 0.15) is 5.82 Å². The van der Waals surface area contributed by atoms with Crippen LogP contribution in [0.15, 0.2) is 53.4 Å². The van der Waals surface area contributed by atoms with E-state index >= 15 is 0 Å². The van der Waals surface area contributed by atoms with Crippen LogP contribution in [0.3, 0.4) is 0 Å². The molecule has 29 heavy (non-hydrogen) atoms. The normalized spacial score (nSPS) is 12.8. The van der Waals surface area contributed by atoms with Gasteiger partial charge in [0.2, 0.25) is 15.9 Å². The Labute approximate surface area is 170 Å². The number of hydrogen-bond acceptors (Lipinski definition) is 4. The Kier molecular flexibility index (Phi) is 7.26. The summed E-state index contributed by atoms with van der Waals surface area (Å²) in [4.78, 5) is 23.8. The Bertz CT molecular complexity index is 971. The summed E-state index contributed by atoms with van der Waals surface area (Å²) < 4.78 is 39.5. The van der Waals surface area contributed by atoms with E-state index in [1.54, 1.807) is 12.1 Å². The number of hydrogen-bond donors (Lipinski definition) is 1. The van der Waals surface area contributed by atoms with Crippen molar-refractivity contribution < 1.29 is 22.4 Å². The number of Topliss-reactive ketones (excluding diaryl/α,β-unsaturated/α-hetero) is 1. The lowest BCUT2D eigenvalue weighted by molar-refractivity contribution is -0.122. The van der Waals surface area contributed by atoms with Crippen molar-refractivity contribution in [2.45, 2.75) is 31.7 Å². The quantitative estimate of drug-likeness (QED) is 0.665. The highest BCUT2D eigenvalue weighted by Crippen LogP contribution is 2.22. The number of amides is 1. The summed E-state index contributed by atoms with van der Waals surface area (Å²) in [5.74, 6) is -0.990. The smallest absolute Gasteiger partial charge is 0.243 e. The maximum atomic E-state index is 13.2. The molecule has 0 aromatic heterocycles. The minimum atomic E-state index is -3.89. The molecule has 0 spiro atoms. The van der Waals surface area contributed by atoms with Crippen LogP contribution in [0.2, 0.25) is 0 Å². The Morgan fingerprint density at radius 1 is 1.03 bits per heavy atom. The van der Waals surface area contributed by atoms with Crippen LogP contribution in [0, 0.1) is 11.7 Å². The van der Waals surface area contributed by atoms with Gasteiger partial charge in [-0.1, -0.05) is 38.1 Å². The first-order chi connectivity index (χ1) is 13.5. The van der Waals surface area contributed by atoms with E-state index in [4.69, 9.17) is 0 Å². The lowest BCUT2D eigenvalue weighted by Gasteiger charge is -2.24. The molecule has 2 aromatic rings. The van der Waals surface area contributed by atoms with Gasteiger partial charge in [0, 0.05) is 12.6 Å². The summed E-state index contributed by atoms with van der Waals surface area (Å²) >= 11 is 0. The number of likely N-dealkylation sites (N-methyl/N-ethyl adjacent to an activating group) is 1.